The molecule has 0 fully saturated rings. The fourth-order valence-electron chi connectivity index (χ4n) is 5.71. The number of nitrogens with zero attached hydrogens (tertiary/aromatic N) is 5. The minimum Gasteiger partial charge on any atom is -0.748 e. The minimum atomic E-state index is -4.88. The van der Waals surface area contributed by atoms with Crippen LogP contribution < -0.4 is 67.2 Å². The van der Waals surface area contributed by atoms with E-state index in [1.165, 1.54) is 6.07 Å². The van der Waals surface area contributed by atoms with Crippen LogP contribution in [0.5, 0.6) is 0 Å². The van der Waals surface area contributed by atoms with Gasteiger partial charge < -0.3 is 19.2 Å². The Hall–Kier alpha value is -3.06. The van der Waals surface area contributed by atoms with E-state index in [-0.39, 0.29) is 80.4 Å². The van der Waals surface area contributed by atoms with E-state index in [0.717, 1.165) is 17.2 Å². The van der Waals surface area contributed by atoms with E-state index in [4.69, 9.17) is 4.42 Å². The summed E-state index contributed by atoms with van der Waals surface area (Å²) >= 11 is 0. The molecule has 1 amide bonds. The summed E-state index contributed by atoms with van der Waals surface area (Å²) in [6.07, 6.45) is -1.27. The van der Waals surface area contributed by atoms with Gasteiger partial charge in [0.15, 0.2) is 5.82 Å². The summed E-state index contributed by atoms with van der Waals surface area (Å²) in [6.45, 7) is 5.96. The van der Waals surface area contributed by atoms with Crippen LogP contribution in [0.1, 0.15) is 62.0 Å². The van der Waals surface area contributed by atoms with Crippen molar-refractivity contribution in [2.24, 2.45) is 0 Å². The van der Waals surface area contributed by atoms with Gasteiger partial charge in [-0.25, -0.2) is 13.2 Å². The number of carbonyl (C=O) groups is 1. The van der Waals surface area contributed by atoms with Crippen molar-refractivity contribution in [2.75, 3.05) is 17.2 Å². The number of carbonyl (C=O) groups excluding carboxylic acids is 1. The van der Waals surface area contributed by atoms with Gasteiger partial charge in [-0.05, 0) is 50.8 Å². The normalized spacial score (nSPS) is 14.2. The maximum Gasteiger partial charge on any atom is 1.00 e. The monoisotopic (exact) mass is 724 g/mol. The Labute approximate surface area is 322 Å². The molecule has 4 aromatic rings. The summed E-state index contributed by atoms with van der Waals surface area (Å²) in [6, 6.07) is 10.1. The summed E-state index contributed by atoms with van der Waals surface area (Å²) < 4.78 is 81.8. The van der Waals surface area contributed by atoms with E-state index in [0.29, 0.717) is 55.8 Å². The molecule has 12 nitrogen and oxygen atoms in total. The third-order valence-electron chi connectivity index (χ3n) is 7.92. The molecule has 0 radical (unpaired) electrons. The number of anilines is 1. The molecule has 5 rings (SSSR count). The molecule has 0 atom stereocenters. The van der Waals surface area contributed by atoms with Crippen LogP contribution in [0, 0.1) is 6.92 Å². The minimum absolute atomic E-state index is 0. The van der Waals surface area contributed by atoms with Gasteiger partial charge in [-0.3, -0.25) is 4.79 Å². The number of amides is 1. The predicted octanol–water partition coefficient (Wildman–Crippen LogP) is 1.78. The number of alkyl halides is 3. The van der Waals surface area contributed by atoms with Gasteiger partial charge in [0.1, 0.15) is 5.58 Å². The van der Waals surface area contributed by atoms with Gasteiger partial charge in [0.2, 0.25) is 11.7 Å². The van der Waals surface area contributed by atoms with Crippen LogP contribution in [-0.2, 0) is 27.6 Å². The first-order valence-electron chi connectivity index (χ1n) is 15.0. The first-order chi connectivity index (χ1) is 22.5. The Morgan fingerprint density at radius 3 is 2.33 bits per heavy atom. The fourth-order valence-corrected chi connectivity index (χ4v) is 6.33. The molecule has 3 heterocycles. The first kappa shape index (κ1) is 38.7. The van der Waals surface area contributed by atoms with Crippen LogP contribution in [0.2, 0.25) is 0 Å². The zero-order valence-corrected chi connectivity index (χ0v) is 31.2. The fraction of sp³-hybridized carbons (Fsp3) is 0.375. The first-order valence-corrected chi connectivity index (χ1v) is 16.6. The number of rotatable bonds is 11. The largest absolute Gasteiger partial charge is 1.00 e. The maximum absolute atomic E-state index is 13.8. The Balaban J connectivity index is 0.00000541. The second kappa shape index (κ2) is 15.4. The third kappa shape index (κ3) is 9.80. The standard InChI is InChI=1S/C32H33F3N6O6S.K/c1-19-37-39-30(40-38-19)21-10-8-20(9-11-21)17-36-28(42)7-5-4-6-12-41-26-15-27-24(25(32(33,34)35)14-29(43)47-27)13-23(26)22(16-31(41,2)3)18-48(44,45)46;/h8-11,13-16H,4-7,12,17-18H2,1-3H3,(H,36,42)(H,44,45,46);/q;+1/p-1. The Morgan fingerprint density at radius 1 is 1.02 bits per heavy atom. The summed E-state index contributed by atoms with van der Waals surface area (Å²) in [5, 5.41) is 18.3. The smallest absolute Gasteiger partial charge is 0.748 e. The second-order valence-corrected chi connectivity index (χ2v) is 13.5. The number of unbranched alkanes of at least 4 members (excludes halogenated alkanes) is 2. The molecule has 254 valence electrons. The van der Waals surface area contributed by atoms with Gasteiger partial charge in [-0.2, -0.15) is 13.2 Å². The van der Waals surface area contributed by atoms with E-state index in [1.807, 2.05) is 29.2 Å². The van der Waals surface area contributed by atoms with Crippen molar-refractivity contribution >= 4 is 38.3 Å². The van der Waals surface area contributed by atoms with Crippen molar-refractivity contribution in [3.63, 3.8) is 0 Å². The van der Waals surface area contributed by atoms with Crippen molar-refractivity contribution in [1.82, 2.24) is 25.7 Å². The predicted molar refractivity (Wildman–Crippen MR) is 170 cm³/mol. The number of aromatic nitrogens is 4. The molecule has 49 heavy (non-hydrogen) atoms. The van der Waals surface area contributed by atoms with Crippen LogP contribution in [0.4, 0.5) is 18.9 Å². The number of hydrogen-bond acceptors (Lipinski definition) is 11. The van der Waals surface area contributed by atoms with E-state index in [1.54, 1.807) is 26.8 Å². The molecule has 0 saturated carbocycles. The SMILES string of the molecule is Cc1nnc(-c2ccc(CNC(=O)CCCCCN3c4cc5oc(=O)cc(C(F)(F)F)c5cc4C(CS(=O)(=O)[O-])=CC3(C)C)cc2)nn1.[K+]. The summed E-state index contributed by atoms with van der Waals surface area (Å²) in [7, 11) is -4.78. The van der Waals surface area contributed by atoms with E-state index >= 15 is 0 Å². The van der Waals surface area contributed by atoms with Gasteiger partial charge >= 0.3 is 63.2 Å². The number of hydrogen-bond donors (Lipinski definition) is 1. The second-order valence-electron chi connectivity index (χ2n) is 12.1. The summed E-state index contributed by atoms with van der Waals surface area (Å²) in [5.74, 6) is -0.186. The molecule has 17 heteroatoms. The molecule has 0 spiro atoms. The molecule has 2 aromatic heterocycles. The number of halogens is 3. The Bertz CT molecular complexity index is 2040. The Morgan fingerprint density at radius 2 is 1.69 bits per heavy atom. The molecular weight excluding hydrogens is 693 g/mol. The van der Waals surface area contributed by atoms with Crippen LogP contribution in [-0.4, -0.2) is 57.1 Å². The van der Waals surface area contributed by atoms with Gasteiger partial charge in [0, 0.05) is 53.8 Å². The average molecular weight is 725 g/mol. The molecule has 0 bridgehead atoms. The number of benzene rings is 2. The number of aryl methyl sites for hydroxylation is 1. The van der Waals surface area contributed by atoms with Crippen molar-refractivity contribution in [3.8, 4) is 11.4 Å². The van der Waals surface area contributed by atoms with Gasteiger partial charge in [-0.15, -0.1) is 20.4 Å². The number of nitrogens with one attached hydrogen (secondary N) is 1. The Kier molecular flexibility index (Phi) is 12.2. The van der Waals surface area contributed by atoms with Crippen molar-refractivity contribution in [1.29, 1.82) is 0 Å². The molecule has 0 saturated heterocycles. The molecule has 2 aromatic carbocycles. The van der Waals surface area contributed by atoms with Crippen LogP contribution >= 0.6 is 0 Å². The van der Waals surface area contributed by atoms with E-state index in [9.17, 15) is 35.7 Å². The average Bonchev–Trinajstić information content (AvgIpc) is 2.99. The molecule has 1 aliphatic heterocycles. The zero-order valence-electron chi connectivity index (χ0n) is 27.3. The topological polar surface area (TPSA) is 171 Å². The van der Waals surface area contributed by atoms with Gasteiger partial charge in [0.05, 0.1) is 27.0 Å². The van der Waals surface area contributed by atoms with Crippen LogP contribution in [0.25, 0.3) is 27.9 Å². The van der Waals surface area contributed by atoms with Crippen molar-refractivity contribution in [3.05, 3.63) is 81.5 Å². The summed E-state index contributed by atoms with van der Waals surface area (Å²) in [4.78, 5) is 26.4. The quantitative estimate of drug-likeness (QED) is 0.104. The summed E-state index contributed by atoms with van der Waals surface area (Å²) in [5.41, 5.74) is -1.42. The third-order valence-corrected chi connectivity index (χ3v) is 8.59. The molecule has 0 unspecified atom stereocenters. The number of fused-ring (bicyclic) bond motifs is 2. The molecule has 1 aliphatic rings. The van der Waals surface area contributed by atoms with Crippen LogP contribution in [0.15, 0.2) is 57.8 Å². The molecule has 0 aliphatic carbocycles. The maximum atomic E-state index is 13.8. The van der Waals surface area contributed by atoms with Crippen LogP contribution in [0.3, 0.4) is 0 Å². The molecule has 1 N–H and O–H groups in total. The van der Waals surface area contributed by atoms with Gasteiger partial charge in [-0.1, -0.05) is 36.8 Å². The van der Waals surface area contributed by atoms with Gasteiger partial charge in [0.25, 0.3) is 0 Å². The molecular formula is C32H32F3KN6O6S. The van der Waals surface area contributed by atoms with Crippen molar-refractivity contribution in [2.45, 2.75) is 64.7 Å². The zero-order chi connectivity index (χ0) is 34.9. The van der Waals surface area contributed by atoms with Crippen molar-refractivity contribution < 1.29 is 86.7 Å². The van der Waals surface area contributed by atoms with E-state index in [2.05, 4.69) is 25.7 Å². The van der Waals surface area contributed by atoms with E-state index < -0.39 is 44.2 Å².